The maximum atomic E-state index is 14.0. The number of aliphatic hydroxyl groups is 1. The summed E-state index contributed by atoms with van der Waals surface area (Å²) in [4.78, 5) is 29.6. The first kappa shape index (κ1) is 24.0. The Hall–Kier alpha value is -3.19. The molecule has 6 nitrogen and oxygen atoms in total. The molecule has 0 aliphatic carbocycles. The van der Waals surface area contributed by atoms with E-state index in [-0.39, 0.29) is 16.1 Å². The van der Waals surface area contributed by atoms with Crippen molar-refractivity contribution in [3.63, 3.8) is 0 Å². The standard InChI is InChI=1S/C27H28ClN3O3/c1-3-30(4-2)14-15-31-23-17-19(25(29)32)16-22(28)24(23)27(34,26(31)33)21-13-9-8-12-20(21)18-10-6-5-7-11-18/h5-13,16-17,34H,3-4,14-15H2,1-2H3,(H2,29,32). The Kier molecular flexibility index (Phi) is 6.75. The predicted molar refractivity (Wildman–Crippen MR) is 135 cm³/mol. The number of primary amides is 1. The summed E-state index contributed by atoms with van der Waals surface area (Å²) >= 11 is 6.64. The third kappa shape index (κ3) is 3.98. The molecule has 1 heterocycles. The summed E-state index contributed by atoms with van der Waals surface area (Å²) in [5.41, 5.74) is 6.41. The lowest BCUT2D eigenvalue weighted by Crippen LogP contribution is -2.44. The number of likely N-dealkylation sites (N-methyl/N-ethyl adjacent to an activating group) is 1. The van der Waals surface area contributed by atoms with E-state index in [9.17, 15) is 14.7 Å². The molecule has 0 bridgehead atoms. The molecule has 176 valence electrons. The molecule has 3 aromatic rings. The van der Waals surface area contributed by atoms with E-state index in [0.29, 0.717) is 24.3 Å². The first-order valence-corrected chi connectivity index (χ1v) is 11.8. The molecule has 1 aliphatic heterocycles. The van der Waals surface area contributed by atoms with Gasteiger partial charge in [-0.05, 0) is 36.3 Å². The van der Waals surface area contributed by atoms with Crippen LogP contribution in [0, 0.1) is 0 Å². The van der Waals surface area contributed by atoms with Gasteiger partial charge in [0.05, 0.1) is 10.7 Å². The number of nitrogens with two attached hydrogens (primary N) is 1. The summed E-state index contributed by atoms with van der Waals surface area (Å²) in [5, 5.41) is 12.3. The lowest BCUT2D eigenvalue weighted by molar-refractivity contribution is -0.132. The summed E-state index contributed by atoms with van der Waals surface area (Å²) in [7, 11) is 0. The molecule has 1 aliphatic rings. The van der Waals surface area contributed by atoms with Crippen LogP contribution < -0.4 is 10.6 Å². The highest BCUT2D eigenvalue weighted by atomic mass is 35.5. The third-order valence-corrected chi connectivity index (χ3v) is 6.80. The minimum Gasteiger partial charge on any atom is -0.372 e. The van der Waals surface area contributed by atoms with E-state index >= 15 is 0 Å². The average Bonchev–Trinajstić information content (AvgIpc) is 3.07. The molecular formula is C27H28ClN3O3. The van der Waals surface area contributed by atoms with Crippen LogP contribution in [0.2, 0.25) is 5.02 Å². The molecule has 0 aromatic heterocycles. The quantitative estimate of drug-likeness (QED) is 0.512. The first-order chi connectivity index (χ1) is 16.3. The number of fused-ring (bicyclic) bond motifs is 1. The molecule has 2 amide bonds. The van der Waals surface area contributed by atoms with Crippen LogP contribution in [0.4, 0.5) is 5.69 Å². The molecule has 4 rings (SSSR count). The van der Waals surface area contributed by atoms with Crippen LogP contribution in [0.5, 0.6) is 0 Å². The maximum absolute atomic E-state index is 14.0. The molecule has 3 aromatic carbocycles. The Morgan fingerprint density at radius 3 is 2.35 bits per heavy atom. The molecule has 3 N–H and O–H groups in total. The zero-order valence-corrected chi connectivity index (χ0v) is 20.0. The van der Waals surface area contributed by atoms with E-state index in [1.807, 2.05) is 42.5 Å². The van der Waals surface area contributed by atoms with E-state index in [4.69, 9.17) is 17.3 Å². The van der Waals surface area contributed by atoms with Crippen molar-refractivity contribution in [2.45, 2.75) is 19.4 Å². The van der Waals surface area contributed by atoms with Crippen molar-refractivity contribution in [2.24, 2.45) is 5.73 Å². The van der Waals surface area contributed by atoms with Crippen LogP contribution in [0.25, 0.3) is 11.1 Å². The minimum absolute atomic E-state index is 0.121. The van der Waals surface area contributed by atoms with Crippen molar-refractivity contribution < 1.29 is 14.7 Å². The molecular weight excluding hydrogens is 450 g/mol. The Morgan fingerprint density at radius 1 is 1.06 bits per heavy atom. The topological polar surface area (TPSA) is 86.9 Å². The molecule has 1 unspecified atom stereocenters. The molecule has 0 spiro atoms. The fourth-order valence-corrected chi connectivity index (χ4v) is 4.99. The van der Waals surface area contributed by atoms with Gasteiger partial charge < -0.3 is 20.6 Å². The van der Waals surface area contributed by atoms with Gasteiger partial charge in [0.15, 0.2) is 5.60 Å². The number of rotatable bonds is 8. The summed E-state index contributed by atoms with van der Waals surface area (Å²) in [6, 6.07) is 19.8. The lowest BCUT2D eigenvalue weighted by Gasteiger charge is -2.27. The van der Waals surface area contributed by atoms with Crippen molar-refractivity contribution in [1.82, 2.24) is 4.90 Å². The SMILES string of the molecule is CCN(CC)CCN1C(=O)C(O)(c2ccccc2-c2ccccc2)c2c(Cl)cc(C(N)=O)cc21. The lowest BCUT2D eigenvalue weighted by atomic mass is 9.82. The highest BCUT2D eigenvalue weighted by Crippen LogP contribution is 2.50. The summed E-state index contributed by atoms with van der Waals surface area (Å²) < 4.78 is 0. The number of anilines is 1. The minimum atomic E-state index is -2.02. The molecule has 0 radical (unpaired) electrons. The Labute approximate surface area is 204 Å². The monoisotopic (exact) mass is 477 g/mol. The van der Waals surface area contributed by atoms with E-state index in [1.54, 1.807) is 18.2 Å². The predicted octanol–water partition coefficient (Wildman–Crippen LogP) is 4.03. The van der Waals surface area contributed by atoms with Gasteiger partial charge in [0, 0.05) is 29.8 Å². The normalized spacial score (nSPS) is 17.3. The highest BCUT2D eigenvalue weighted by molar-refractivity contribution is 6.34. The third-order valence-electron chi connectivity index (χ3n) is 6.50. The molecule has 0 fully saturated rings. The molecule has 1 atom stereocenters. The number of carbonyl (C=O) groups excluding carboxylic acids is 2. The van der Waals surface area contributed by atoms with Crippen LogP contribution in [-0.2, 0) is 10.4 Å². The van der Waals surface area contributed by atoms with Crippen LogP contribution in [-0.4, -0.2) is 48.0 Å². The van der Waals surface area contributed by atoms with E-state index in [1.165, 1.54) is 11.0 Å². The maximum Gasteiger partial charge on any atom is 0.268 e. The van der Waals surface area contributed by atoms with Crippen molar-refractivity contribution in [1.29, 1.82) is 0 Å². The highest BCUT2D eigenvalue weighted by Gasteiger charge is 2.53. The Balaban J connectivity index is 1.92. The van der Waals surface area contributed by atoms with Crippen molar-refractivity contribution in [3.05, 3.63) is 88.4 Å². The summed E-state index contributed by atoms with van der Waals surface area (Å²) in [6.45, 7) is 6.70. The van der Waals surface area contributed by atoms with Gasteiger partial charge in [0.25, 0.3) is 5.91 Å². The number of carbonyl (C=O) groups is 2. The second-order valence-electron chi connectivity index (χ2n) is 8.32. The van der Waals surface area contributed by atoms with Gasteiger partial charge in [0.1, 0.15) is 0 Å². The van der Waals surface area contributed by atoms with E-state index in [2.05, 4.69) is 18.7 Å². The van der Waals surface area contributed by atoms with Crippen molar-refractivity contribution in [2.75, 3.05) is 31.1 Å². The van der Waals surface area contributed by atoms with Gasteiger partial charge in [-0.2, -0.15) is 0 Å². The van der Waals surface area contributed by atoms with Gasteiger partial charge in [0.2, 0.25) is 5.91 Å². The van der Waals surface area contributed by atoms with Crippen LogP contribution >= 0.6 is 11.6 Å². The van der Waals surface area contributed by atoms with Gasteiger partial charge in [-0.3, -0.25) is 9.59 Å². The number of hydrogen-bond donors (Lipinski definition) is 2. The van der Waals surface area contributed by atoms with Gasteiger partial charge in [-0.15, -0.1) is 0 Å². The Bertz CT molecular complexity index is 1230. The second-order valence-corrected chi connectivity index (χ2v) is 8.73. The number of benzene rings is 3. The largest absolute Gasteiger partial charge is 0.372 e. The molecule has 7 heteroatoms. The zero-order chi connectivity index (χ0) is 24.5. The molecule has 34 heavy (non-hydrogen) atoms. The number of halogens is 1. The average molecular weight is 478 g/mol. The number of hydrogen-bond acceptors (Lipinski definition) is 4. The fraction of sp³-hybridized carbons (Fsp3) is 0.259. The summed E-state index contributed by atoms with van der Waals surface area (Å²) in [5.74, 6) is -1.15. The summed E-state index contributed by atoms with van der Waals surface area (Å²) in [6.07, 6.45) is 0. The molecule has 0 saturated carbocycles. The number of amides is 2. The second kappa shape index (κ2) is 9.58. The van der Waals surface area contributed by atoms with Crippen LogP contribution in [0.15, 0.2) is 66.7 Å². The van der Waals surface area contributed by atoms with Crippen LogP contribution in [0.1, 0.15) is 35.3 Å². The van der Waals surface area contributed by atoms with Gasteiger partial charge in [-0.1, -0.05) is 80.0 Å². The van der Waals surface area contributed by atoms with Crippen molar-refractivity contribution >= 4 is 29.1 Å². The smallest absolute Gasteiger partial charge is 0.268 e. The van der Waals surface area contributed by atoms with Gasteiger partial charge in [-0.25, -0.2) is 0 Å². The Morgan fingerprint density at radius 2 is 1.71 bits per heavy atom. The van der Waals surface area contributed by atoms with E-state index < -0.39 is 17.4 Å². The fourth-order valence-electron chi connectivity index (χ4n) is 4.64. The molecule has 0 saturated heterocycles. The zero-order valence-electron chi connectivity index (χ0n) is 19.3. The van der Waals surface area contributed by atoms with E-state index in [0.717, 1.165) is 24.2 Å². The number of nitrogens with zero attached hydrogens (tertiary/aromatic N) is 2. The first-order valence-electron chi connectivity index (χ1n) is 11.4. The van der Waals surface area contributed by atoms with Gasteiger partial charge >= 0.3 is 0 Å². The van der Waals surface area contributed by atoms with Crippen LogP contribution in [0.3, 0.4) is 0 Å². The van der Waals surface area contributed by atoms with Crippen molar-refractivity contribution in [3.8, 4) is 11.1 Å².